The molecule has 5 heteroatoms. The minimum atomic E-state index is -0.0692. The molecule has 0 atom stereocenters. The van der Waals surface area contributed by atoms with E-state index in [-0.39, 0.29) is 5.91 Å². The number of amides is 1. The van der Waals surface area contributed by atoms with Crippen LogP contribution in [-0.4, -0.2) is 32.7 Å². The summed E-state index contributed by atoms with van der Waals surface area (Å²) in [4.78, 5) is 14.1. The molecule has 1 heterocycles. The van der Waals surface area contributed by atoms with E-state index in [4.69, 9.17) is 9.47 Å². The highest BCUT2D eigenvalue weighted by molar-refractivity contribution is 5.91. The van der Waals surface area contributed by atoms with Gasteiger partial charge in [-0.1, -0.05) is 18.2 Å². The lowest BCUT2D eigenvalue weighted by molar-refractivity contribution is -0.116. The third kappa shape index (κ3) is 3.94. The average Bonchev–Trinajstić information content (AvgIpc) is 2.57. The number of ether oxygens (including phenoxy) is 2. The fraction of sp³-hybridized carbons (Fsp3) is 0.278. The first-order valence-electron chi connectivity index (χ1n) is 7.68. The highest BCUT2D eigenvalue weighted by Crippen LogP contribution is 2.33. The number of carbonyl (C=O) groups is 1. The molecule has 0 aliphatic carbocycles. The first-order chi connectivity index (χ1) is 11.2. The van der Waals surface area contributed by atoms with Gasteiger partial charge in [0, 0.05) is 12.7 Å². The summed E-state index contributed by atoms with van der Waals surface area (Å²) in [7, 11) is 2.01. The number of anilines is 2. The number of para-hydroxylation sites is 1. The van der Waals surface area contributed by atoms with Gasteiger partial charge in [0.1, 0.15) is 18.1 Å². The third-order valence-electron chi connectivity index (χ3n) is 3.68. The van der Waals surface area contributed by atoms with Gasteiger partial charge < -0.3 is 19.7 Å². The number of carbonyl (C=O) groups excluding carboxylic acids is 1. The van der Waals surface area contributed by atoms with Crippen LogP contribution in [0.1, 0.15) is 6.42 Å². The molecule has 120 valence electrons. The maximum Gasteiger partial charge on any atom is 0.227 e. The van der Waals surface area contributed by atoms with Crippen LogP contribution in [0.3, 0.4) is 0 Å². The van der Waals surface area contributed by atoms with E-state index in [1.54, 1.807) is 0 Å². The normalized spacial score (nSPS) is 13.0. The van der Waals surface area contributed by atoms with Crippen molar-refractivity contribution in [3.63, 3.8) is 0 Å². The summed E-state index contributed by atoms with van der Waals surface area (Å²) in [5, 5.41) is 2.90. The number of hydrogen-bond acceptors (Lipinski definition) is 4. The molecule has 2 aromatic rings. The fourth-order valence-electron chi connectivity index (χ4n) is 2.43. The summed E-state index contributed by atoms with van der Waals surface area (Å²) in [5.74, 6) is 1.55. The van der Waals surface area contributed by atoms with Gasteiger partial charge in [0.2, 0.25) is 5.91 Å². The standard InChI is InChI=1S/C18H20N2O3/c1-20-10-12-23-17-8-7-14(13-16(17)20)19-18(21)9-11-22-15-5-3-2-4-6-15/h2-8,13H,9-12H2,1H3,(H,19,21). The quantitative estimate of drug-likeness (QED) is 0.922. The number of rotatable bonds is 5. The van der Waals surface area contributed by atoms with Gasteiger partial charge in [-0.25, -0.2) is 0 Å². The molecule has 1 amide bonds. The van der Waals surface area contributed by atoms with Crippen LogP contribution in [0.15, 0.2) is 48.5 Å². The van der Waals surface area contributed by atoms with Crippen LogP contribution in [-0.2, 0) is 4.79 Å². The van der Waals surface area contributed by atoms with Gasteiger partial charge in [-0.2, -0.15) is 0 Å². The SMILES string of the molecule is CN1CCOc2ccc(NC(=O)CCOc3ccccc3)cc21. The zero-order valence-electron chi connectivity index (χ0n) is 13.1. The van der Waals surface area contributed by atoms with Crippen LogP contribution in [0.5, 0.6) is 11.5 Å². The molecule has 3 rings (SSSR count). The monoisotopic (exact) mass is 312 g/mol. The van der Waals surface area contributed by atoms with Crippen molar-refractivity contribution in [1.29, 1.82) is 0 Å². The Labute approximate surface area is 135 Å². The number of benzene rings is 2. The number of nitrogens with zero attached hydrogens (tertiary/aromatic N) is 1. The Hall–Kier alpha value is -2.69. The maximum atomic E-state index is 12.0. The molecule has 0 bridgehead atoms. The van der Waals surface area contributed by atoms with Crippen molar-refractivity contribution in [2.45, 2.75) is 6.42 Å². The highest BCUT2D eigenvalue weighted by Gasteiger charge is 2.15. The van der Waals surface area contributed by atoms with Crippen molar-refractivity contribution >= 4 is 17.3 Å². The Bertz CT molecular complexity index is 673. The summed E-state index contributed by atoms with van der Waals surface area (Å²) < 4.78 is 11.1. The largest absolute Gasteiger partial charge is 0.493 e. The minimum Gasteiger partial charge on any atom is -0.493 e. The van der Waals surface area contributed by atoms with Gasteiger partial charge in [-0.15, -0.1) is 0 Å². The van der Waals surface area contributed by atoms with Gasteiger partial charge in [0.05, 0.1) is 25.3 Å². The summed E-state index contributed by atoms with van der Waals surface area (Å²) >= 11 is 0. The van der Waals surface area contributed by atoms with Gasteiger partial charge in [0.25, 0.3) is 0 Å². The van der Waals surface area contributed by atoms with Gasteiger partial charge in [-0.3, -0.25) is 4.79 Å². The summed E-state index contributed by atoms with van der Waals surface area (Å²) in [6, 6.07) is 15.2. The van der Waals surface area contributed by atoms with Crippen LogP contribution in [0, 0.1) is 0 Å². The zero-order chi connectivity index (χ0) is 16.1. The molecule has 23 heavy (non-hydrogen) atoms. The fourth-order valence-corrected chi connectivity index (χ4v) is 2.43. The third-order valence-corrected chi connectivity index (χ3v) is 3.68. The van der Waals surface area contributed by atoms with Crippen molar-refractivity contribution in [1.82, 2.24) is 0 Å². The molecular formula is C18H20N2O3. The van der Waals surface area contributed by atoms with Gasteiger partial charge in [-0.05, 0) is 30.3 Å². The Morgan fingerprint density at radius 2 is 2.09 bits per heavy atom. The van der Waals surface area contributed by atoms with Crippen molar-refractivity contribution in [2.24, 2.45) is 0 Å². The van der Waals surface area contributed by atoms with E-state index >= 15 is 0 Å². The molecule has 0 spiro atoms. The molecule has 0 unspecified atom stereocenters. The Morgan fingerprint density at radius 1 is 1.26 bits per heavy atom. The minimum absolute atomic E-state index is 0.0692. The topological polar surface area (TPSA) is 50.8 Å². The van der Waals surface area contributed by atoms with E-state index in [0.717, 1.165) is 29.4 Å². The number of nitrogens with one attached hydrogen (secondary N) is 1. The van der Waals surface area contributed by atoms with Gasteiger partial charge >= 0.3 is 0 Å². The van der Waals surface area contributed by atoms with E-state index in [9.17, 15) is 4.79 Å². The van der Waals surface area contributed by atoms with Crippen molar-refractivity contribution < 1.29 is 14.3 Å². The smallest absolute Gasteiger partial charge is 0.227 e. The van der Waals surface area contributed by atoms with Crippen molar-refractivity contribution in [2.75, 3.05) is 37.0 Å². The van der Waals surface area contributed by atoms with E-state index in [1.807, 2.05) is 55.6 Å². The summed E-state index contributed by atoms with van der Waals surface area (Å²) in [6.07, 6.45) is 0.304. The van der Waals surface area contributed by atoms with Crippen LogP contribution < -0.4 is 19.7 Å². The lowest BCUT2D eigenvalue weighted by Crippen LogP contribution is -2.28. The first kappa shape index (κ1) is 15.2. The molecule has 0 radical (unpaired) electrons. The number of likely N-dealkylation sites (N-methyl/N-ethyl adjacent to an activating group) is 1. The second-order valence-electron chi connectivity index (χ2n) is 5.41. The first-order valence-corrected chi connectivity index (χ1v) is 7.68. The molecule has 0 saturated heterocycles. The van der Waals surface area contributed by atoms with Crippen LogP contribution in [0.2, 0.25) is 0 Å². The van der Waals surface area contributed by atoms with Crippen LogP contribution in [0.4, 0.5) is 11.4 Å². The van der Waals surface area contributed by atoms with E-state index in [0.29, 0.717) is 19.6 Å². The Morgan fingerprint density at radius 3 is 2.91 bits per heavy atom. The van der Waals surface area contributed by atoms with E-state index in [1.165, 1.54) is 0 Å². The van der Waals surface area contributed by atoms with E-state index in [2.05, 4.69) is 10.2 Å². The number of hydrogen-bond donors (Lipinski definition) is 1. The van der Waals surface area contributed by atoms with Crippen molar-refractivity contribution in [3.05, 3.63) is 48.5 Å². The lowest BCUT2D eigenvalue weighted by Gasteiger charge is -2.28. The molecule has 1 aliphatic heterocycles. The summed E-state index contributed by atoms with van der Waals surface area (Å²) in [6.45, 7) is 1.88. The average molecular weight is 312 g/mol. The lowest BCUT2D eigenvalue weighted by atomic mass is 10.2. The molecule has 1 N–H and O–H groups in total. The molecule has 0 saturated carbocycles. The Kier molecular flexibility index (Phi) is 4.66. The second-order valence-corrected chi connectivity index (χ2v) is 5.41. The molecule has 5 nitrogen and oxygen atoms in total. The zero-order valence-corrected chi connectivity index (χ0v) is 13.1. The van der Waals surface area contributed by atoms with Crippen LogP contribution >= 0.6 is 0 Å². The highest BCUT2D eigenvalue weighted by atomic mass is 16.5. The molecule has 0 fully saturated rings. The second kappa shape index (κ2) is 7.05. The summed E-state index contributed by atoms with van der Waals surface area (Å²) in [5.41, 5.74) is 1.76. The molecule has 2 aromatic carbocycles. The maximum absolute atomic E-state index is 12.0. The molecular weight excluding hydrogens is 292 g/mol. The molecule has 0 aromatic heterocycles. The Balaban J connectivity index is 1.53. The van der Waals surface area contributed by atoms with Crippen molar-refractivity contribution in [3.8, 4) is 11.5 Å². The van der Waals surface area contributed by atoms with Gasteiger partial charge in [0.15, 0.2) is 0 Å². The van der Waals surface area contributed by atoms with Crippen LogP contribution in [0.25, 0.3) is 0 Å². The predicted octanol–water partition coefficient (Wildman–Crippen LogP) is 2.92. The predicted molar refractivity (Wildman–Crippen MR) is 90.4 cm³/mol. The number of fused-ring (bicyclic) bond motifs is 1. The van der Waals surface area contributed by atoms with E-state index < -0.39 is 0 Å². The molecule has 1 aliphatic rings.